The van der Waals surface area contributed by atoms with Gasteiger partial charge in [0.1, 0.15) is 12.3 Å². The molecular weight excluding hydrogens is 408 g/mol. The average molecular weight is 449 g/mol. The van der Waals surface area contributed by atoms with Gasteiger partial charge in [0.2, 0.25) is 5.91 Å². The summed E-state index contributed by atoms with van der Waals surface area (Å²) in [5, 5.41) is 9.46. The van der Waals surface area contributed by atoms with Gasteiger partial charge in [-0.1, -0.05) is 0 Å². The molecular formula is C24H40N4O4. The molecule has 0 aromatic heterocycles. The van der Waals surface area contributed by atoms with Gasteiger partial charge in [-0.05, 0) is 78.1 Å². The second kappa shape index (κ2) is 13.3. The highest BCUT2D eigenvalue weighted by atomic mass is 16.5. The van der Waals surface area contributed by atoms with E-state index in [1.54, 1.807) is 0 Å². The van der Waals surface area contributed by atoms with E-state index < -0.39 is 0 Å². The quantitative estimate of drug-likeness (QED) is 0.273. The molecule has 0 bridgehead atoms. The standard InChI is InChI=1S/C24H40N4O4/c1-18(2)32-20-11-9-19(10-12-20)27-23(26-16-22(29)28-24(3,4)5)25-13-7-14-30-17-21-8-6-15-31-21/h9-12,18,21H,6-8,13-17H2,1-5H3,(H,28,29)(H2,25,26,27). The summed E-state index contributed by atoms with van der Waals surface area (Å²) in [5.41, 5.74) is 0.568. The van der Waals surface area contributed by atoms with Crippen LogP contribution in [0, 0.1) is 0 Å². The van der Waals surface area contributed by atoms with Crippen molar-refractivity contribution in [1.29, 1.82) is 0 Å². The lowest BCUT2D eigenvalue weighted by molar-refractivity contribution is -0.121. The number of ether oxygens (including phenoxy) is 3. The van der Waals surface area contributed by atoms with E-state index in [1.807, 2.05) is 58.9 Å². The molecule has 0 saturated carbocycles. The van der Waals surface area contributed by atoms with Crippen molar-refractivity contribution in [3.8, 4) is 5.75 Å². The van der Waals surface area contributed by atoms with Crippen molar-refractivity contribution in [2.75, 3.05) is 38.2 Å². The minimum atomic E-state index is -0.291. The minimum Gasteiger partial charge on any atom is -0.491 e. The Morgan fingerprint density at radius 1 is 1.25 bits per heavy atom. The lowest BCUT2D eigenvalue weighted by Crippen LogP contribution is -2.42. The molecule has 1 unspecified atom stereocenters. The first-order valence-corrected chi connectivity index (χ1v) is 11.5. The van der Waals surface area contributed by atoms with E-state index in [2.05, 4.69) is 20.9 Å². The Bertz CT molecular complexity index is 708. The Labute approximate surface area is 192 Å². The van der Waals surface area contributed by atoms with E-state index in [4.69, 9.17) is 14.2 Å². The summed E-state index contributed by atoms with van der Waals surface area (Å²) in [6.45, 7) is 12.7. The lowest BCUT2D eigenvalue weighted by Gasteiger charge is -2.20. The number of anilines is 1. The minimum absolute atomic E-state index is 0.0384. The van der Waals surface area contributed by atoms with Crippen molar-refractivity contribution in [2.45, 2.75) is 71.6 Å². The second-order valence-corrected chi connectivity index (χ2v) is 9.27. The Morgan fingerprint density at radius 2 is 2.00 bits per heavy atom. The summed E-state index contributed by atoms with van der Waals surface area (Å²) in [5.74, 6) is 1.23. The van der Waals surface area contributed by atoms with Crippen LogP contribution in [0.1, 0.15) is 53.9 Å². The van der Waals surface area contributed by atoms with Crippen LogP contribution in [0.3, 0.4) is 0 Å². The van der Waals surface area contributed by atoms with E-state index in [9.17, 15) is 4.79 Å². The molecule has 180 valence electrons. The molecule has 2 rings (SSSR count). The third-order valence-corrected chi connectivity index (χ3v) is 4.47. The molecule has 1 aromatic rings. The number of nitrogens with one attached hydrogen (secondary N) is 3. The maximum absolute atomic E-state index is 12.2. The van der Waals surface area contributed by atoms with Gasteiger partial charge in [-0.25, -0.2) is 4.99 Å². The Kier molecular flexibility index (Phi) is 10.8. The number of amides is 1. The number of guanidine groups is 1. The van der Waals surface area contributed by atoms with Crippen LogP contribution in [-0.2, 0) is 14.3 Å². The smallest absolute Gasteiger partial charge is 0.242 e. The normalized spacial score (nSPS) is 16.8. The summed E-state index contributed by atoms with van der Waals surface area (Å²) < 4.78 is 17.0. The summed E-state index contributed by atoms with van der Waals surface area (Å²) in [6, 6.07) is 7.67. The fourth-order valence-electron chi connectivity index (χ4n) is 3.15. The SMILES string of the molecule is CC(C)Oc1ccc(NC(=NCC(=O)NC(C)(C)C)NCCCOCC2CCCO2)cc1. The molecule has 3 N–H and O–H groups in total. The fraction of sp³-hybridized carbons (Fsp3) is 0.667. The third kappa shape index (κ3) is 11.3. The lowest BCUT2D eigenvalue weighted by atomic mass is 10.1. The van der Waals surface area contributed by atoms with Gasteiger partial charge >= 0.3 is 0 Å². The zero-order valence-corrected chi connectivity index (χ0v) is 20.2. The van der Waals surface area contributed by atoms with Gasteiger partial charge in [0.15, 0.2) is 5.96 Å². The van der Waals surface area contributed by atoms with Gasteiger partial charge < -0.3 is 30.2 Å². The number of carbonyl (C=O) groups excluding carboxylic acids is 1. The van der Waals surface area contributed by atoms with Gasteiger partial charge in [0.05, 0.1) is 18.8 Å². The summed E-state index contributed by atoms with van der Waals surface area (Å²) in [4.78, 5) is 16.6. The van der Waals surface area contributed by atoms with Crippen molar-refractivity contribution in [3.63, 3.8) is 0 Å². The monoisotopic (exact) mass is 448 g/mol. The number of rotatable bonds is 11. The van der Waals surface area contributed by atoms with Gasteiger partial charge in [-0.3, -0.25) is 4.79 Å². The van der Waals surface area contributed by atoms with Crippen molar-refractivity contribution >= 4 is 17.6 Å². The molecule has 1 atom stereocenters. The number of benzene rings is 1. The molecule has 1 aromatic carbocycles. The van der Waals surface area contributed by atoms with Crippen LogP contribution in [0.25, 0.3) is 0 Å². The zero-order chi connectivity index (χ0) is 23.4. The zero-order valence-electron chi connectivity index (χ0n) is 20.2. The molecule has 8 heteroatoms. The molecule has 1 amide bonds. The number of carbonyl (C=O) groups is 1. The van der Waals surface area contributed by atoms with E-state index in [1.165, 1.54) is 0 Å². The molecule has 1 heterocycles. The highest BCUT2D eigenvalue weighted by molar-refractivity contribution is 5.95. The third-order valence-electron chi connectivity index (χ3n) is 4.47. The predicted octanol–water partition coefficient (Wildman–Crippen LogP) is 3.33. The van der Waals surface area contributed by atoms with Crippen LogP contribution in [-0.4, -0.2) is 62.5 Å². The molecule has 0 aliphatic carbocycles. The van der Waals surface area contributed by atoms with Crippen LogP contribution in [0.4, 0.5) is 5.69 Å². The topological polar surface area (TPSA) is 93.2 Å². The van der Waals surface area contributed by atoms with E-state index >= 15 is 0 Å². The molecule has 1 saturated heterocycles. The fourth-order valence-corrected chi connectivity index (χ4v) is 3.15. The molecule has 0 radical (unpaired) electrons. The number of aliphatic imine (C=N–C) groups is 1. The van der Waals surface area contributed by atoms with Crippen molar-refractivity contribution in [1.82, 2.24) is 10.6 Å². The van der Waals surface area contributed by atoms with E-state index in [0.717, 1.165) is 37.3 Å². The first-order chi connectivity index (χ1) is 15.2. The number of nitrogens with zero attached hydrogens (tertiary/aromatic N) is 1. The van der Waals surface area contributed by atoms with Gasteiger partial charge in [0.25, 0.3) is 0 Å². The van der Waals surface area contributed by atoms with E-state index in [0.29, 0.717) is 25.7 Å². The van der Waals surface area contributed by atoms with Crippen molar-refractivity contribution < 1.29 is 19.0 Å². The summed E-state index contributed by atoms with van der Waals surface area (Å²) in [7, 11) is 0. The highest BCUT2D eigenvalue weighted by Gasteiger charge is 2.15. The molecule has 1 fully saturated rings. The molecule has 0 spiro atoms. The molecule has 32 heavy (non-hydrogen) atoms. The van der Waals surface area contributed by atoms with E-state index in [-0.39, 0.29) is 30.2 Å². The summed E-state index contributed by atoms with van der Waals surface area (Å²) >= 11 is 0. The van der Waals surface area contributed by atoms with Crippen LogP contribution in [0.2, 0.25) is 0 Å². The van der Waals surface area contributed by atoms with Gasteiger partial charge in [-0.2, -0.15) is 0 Å². The average Bonchev–Trinajstić information content (AvgIpc) is 3.21. The van der Waals surface area contributed by atoms with Crippen LogP contribution < -0.4 is 20.7 Å². The van der Waals surface area contributed by atoms with Crippen LogP contribution in [0.5, 0.6) is 5.75 Å². The van der Waals surface area contributed by atoms with Gasteiger partial charge in [-0.15, -0.1) is 0 Å². The van der Waals surface area contributed by atoms with Crippen LogP contribution in [0.15, 0.2) is 29.3 Å². The van der Waals surface area contributed by atoms with Crippen LogP contribution >= 0.6 is 0 Å². The molecule has 1 aliphatic heterocycles. The Balaban J connectivity index is 1.85. The molecule has 8 nitrogen and oxygen atoms in total. The highest BCUT2D eigenvalue weighted by Crippen LogP contribution is 2.17. The predicted molar refractivity (Wildman–Crippen MR) is 128 cm³/mol. The number of hydrogen-bond acceptors (Lipinski definition) is 5. The maximum Gasteiger partial charge on any atom is 0.242 e. The Hall–Kier alpha value is -2.32. The maximum atomic E-state index is 12.2. The van der Waals surface area contributed by atoms with Crippen molar-refractivity contribution in [3.05, 3.63) is 24.3 Å². The molecule has 1 aliphatic rings. The van der Waals surface area contributed by atoms with Crippen molar-refractivity contribution in [2.24, 2.45) is 4.99 Å². The van der Waals surface area contributed by atoms with Gasteiger partial charge in [0, 0.05) is 31.0 Å². The Morgan fingerprint density at radius 3 is 2.62 bits per heavy atom. The largest absolute Gasteiger partial charge is 0.491 e. The summed E-state index contributed by atoms with van der Waals surface area (Å²) in [6.07, 6.45) is 3.38. The second-order valence-electron chi connectivity index (χ2n) is 9.27. The first kappa shape index (κ1) is 25.9. The first-order valence-electron chi connectivity index (χ1n) is 11.5. The number of hydrogen-bond donors (Lipinski definition) is 3.